The van der Waals surface area contributed by atoms with Crippen LogP contribution >= 0.6 is 12.2 Å². The molecule has 6 heteroatoms. The zero-order chi connectivity index (χ0) is 14.3. The van der Waals surface area contributed by atoms with E-state index in [9.17, 15) is 9.59 Å². The zero-order valence-electron chi connectivity index (χ0n) is 10.9. The van der Waals surface area contributed by atoms with E-state index in [4.69, 9.17) is 12.2 Å². The summed E-state index contributed by atoms with van der Waals surface area (Å²) in [6.07, 6.45) is 1.29. The van der Waals surface area contributed by atoms with Crippen molar-refractivity contribution in [3.8, 4) is 0 Å². The van der Waals surface area contributed by atoms with Gasteiger partial charge in [-0.1, -0.05) is 13.0 Å². The average molecular weight is 279 g/mol. The van der Waals surface area contributed by atoms with Crippen molar-refractivity contribution >= 4 is 40.5 Å². The summed E-state index contributed by atoms with van der Waals surface area (Å²) >= 11 is 4.95. The van der Waals surface area contributed by atoms with Gasteiger partial charge in [0.05, 0.1) is 0 Å². The Balaban J connectivity index is 2.64. The molecular weight excluding hydrogens is 262 g/mol. The molecule has 0 aliphatic rings. The van der Waals surface area contributed by atoms with Gasteiger partial charge in [-0.25, -0.2) is 0 Å². The summed E-state index contributed by atoms with van der Waals surface area (Å²) in [5.74, 6) is -0.256. The van der Waals surface area contributed by atoms with E-state index in [1.807, 2.05) is 6.92 Å². The first-order valence-electron chi connectivity index (χ1n) is 5.99. The molecule has 1 aromatic rings. The molecule has 0 radical (unpaired) electrons. The summed E-state index contributed by atoms with van der Waals surface area (Å²) in [4.78, 5) is 22.3. The second-order valence-corrected chi connectivity index (χ2v) is 4.42. The van der Waals surface area contributed by atoms with Crippen LogP contribution in [0.4, 0.5) is 11.4 Å². The van der Waals surface area contributed by atoms with Gasteiger partial charge in [0.25, 0.3) is 0 Å². The van der Waals surface area contributed by atoms with E-state index in [1.54, 1.807) is 24.3 Å². The third kappa shape index (κ3) is 5.96. The lowest BCUT2D eigenvalue weighted by Crippen LogP contribution is -2.32. The monoisotopic (exact) mass is 279 g/mol. The minimum atomic E-state index is -0.232. The Labute approximate surface area is 117 Å². The van der Waals surface area contributed by atoms with E-state index in [1.165, 1.54) is 6.92 Å². The van der Waals surface area contributed by atoms with Gasteiger partial charge in [0.1, 0.15) is 0 Å². The Morgan fingerprint density at radius 3 is 2.42 bits per heavy atom. The van der Waals surface area contributed by atoms with E-state index >= 15 is 0 Å². The minimum Gasteiger partial charge on any atom is -0.332 e. The molecule has 19 heavy (non-hydrogen) atoms. The molecule has 2 amide bonds. The molecule has 0 bridgehead atoms. The number of hydrogen-bond acceptors (Lipinski definition) is 3. The molecule has 1 aromatic carbocycles. The van der Waals surface area contributed by atoms with Crippen molar-refractivity contribution in [3.63, 3.8) is 0 Å². The number of anilines is 2. The number of carbonyl (C=O) groups excluding carboxylic acids is 2. The van der Waals surface area contributed by atoms with E-state index in [0.29, 0.717) is 17.8 Å². The molecule has 0 aliphatic carbocycles. The Kier molecular flexibility index (Phi) is 5.95. The third-order valence-corrected chi connectivity index (χ3v) is 2.37. The maximum absolute atomic E-state index is 11.5. The van der Waals surface area contributed by atoms with Crippen molar-refractivity contribution < 1.29 is 9.59 Å². The van der Waals surface area contributed by atoms with E-state index < -0.39 is 0 Å². The molecule has 0 saturated carbocycles. The van der Waals surface area contributed by atoms with E-state index in [-0.39, 0.29) is 16.9 Å². The van der Waals surface area contributed by atoms with Crippen LogP contribution in [0.2, 0.25) is 0 Å². The maximum atomic E-state index is 11.5. The molecule has 0 aromatic heterocycles. The fourth-order valence-corrected chi connectivity index (χ4v) is 1.71. The SMILES string of the molecule is CCCC(=O)Nc1cccc(NC(=S)NC(C)=O)c1. The number of hydrogen-bond donors (Lipinski definition) is 3. The summed E-state index contributed by atoms with van der Waals surface area (Å²) in [6.45, 7) is 3.33. The van der Waals surface area contributed by atoms with Crippen molar-refractivity contribution in [3.05, 3.63) is 24.3 Å². The van der Waals surface area contributed by atoms with Gasteiger partial charge < -0.3 is 16.0 Å². The first kappa shape index (κ1) is 15.1. The summed E-state index contributed by atoms with van der Waals surface area (Å²) < 4.78 is 0. The van der Waals surface area contributed by atoms with Crippen molar-refractivity contribution in [1.29, 1.82) is 0 Å². The smallest absolute Gasteiger partial charge is 0.224 e. The number of amides is 2. The molecule has 1 rings (SSSR count). The Morgan fingerprint density at radius 1 is 1.21 bits per heavy atom. The van der Waals surface area contributed by atoms with Gasteiger partial charge in [-0.2, -0.15) is 0 Å². The maximum Gasteiger partial charge on any atom is 0.224 e. The lowest BCUT2D eigenvalue weighted by Gasteiger charge is -2.10. The zero-order valence-corrected chi connectivity index (χ0v) is 11.8. The van der Waals surface area contributed by atoms with Crippen LogP contribution in [0.1, 0.15) is 26.7 Å². The molecular formula is C13H17N3O2S. The molecule has 102 valence electrons. The number of rotatable bonds is 4. The van der Waals surface area contributed by atoms with Crippen LogP contribution in [-0.4, -0.2) is 16.9 Å². The van der Waals surface area contributed by atoms with Crippen LogP contribution < -0.4 is 16.0 Å². The van der Waals surface area contributed by atoms with Crippen LogP contribution in [0, 0.1) is 0 Å². The first-order chi connectivity index (χ1) is 9.01. The highest BCUT2D eigenvalue weighted by Gasteiger charge is 2.03. The van der Waals surface area contributed by atoms with Gasteiger partial charge in [0, 0.05) is 24.7 Å². The Bertz CT molecular complexity index is 489. The number of benzene rings is 1. The number of nitrogens with one attached hydrogen (secondary N) is 3. The highest BCUT2D eigenvalue weighted by Crippen LogP contribution is 2.15. The predicted octanol–water partition coefficient (Wildman–Crippen LogP) is 2.26. The second kappa shape index (κ2) is 7.48. The van der Waals surface area contributed by atoms with Crippen LogP contribution in [0.3, 0.4) is 0 Å². The van der Waals surface area contributed by atoms with Crippen molar-refractivity contribution in [1.82, 2.24) is 5.32 Å². The molecule has 0 fully saturated rings. The summed E-state index contributed by atoms with van der Waals surface area (Å²) in [7, 11) is 0. The lowest BCUT2D eigenvalue weighted by atomic mass is 10.2. The average Bonchev–Trinajstić information content (AvgIpc) is 2.28. The largest absolute Gasteiger partial charge is 0.332 e. The quantitative estimate of drug-likeness (QED) is 0.739. The van der Waals surface area contributed by atoms with Crippen molar-refractivity contribution in [2.45, 2.75) is 26.7 Å². The topological polar surface area (TPSA) is 70.2 Å². The van der Waals surface area contributed by atoms with Crippen LogP contribution in [0.5, 0.6) is 0 Å². The summed E-state index contributed by atoms with van der Waals surface area (Å²) in [5.41, 5.74) is 1.39. The molecule has 0 heterocycles. The standard InChI is InChI=1S/C13H17N3O2S/c1-3-5-12(18)15-10-6-4-7-11(8-10)16-13(19)14-9(2)17/h4,6-8H,3,5H2,1-2H3,(H,15,18)(H2,14,16,17,19). The summed E-state index contributed by atoms with van der Waals surface area (Å²) in [6, 6.07) is 7.13. The normalized spacial score (nSPS) is 9.58. The van der Waals surface area contributed by atoms with Gasteiger partial charge in [-0.3, -0.25) is 9.59 Å². The molecule has 5 nitrogen and oxygen atoms in total. The Morgan fingerprint density at radius 2 is 1.84 bits per heavy atom. The molecule has 0 atom stereocenters. The molecule has 0 spiro atoms. The molecule has 3 N–H and O–H groups in total. The lowest BCUT2D eigenvalue weighted by molar-refractivity contribution is -0.117. The van der Waals surface area contributed by atoms with Gasteiger partial charge in [-0.05, 0) is 36.8 Å². The van der Waals surface area contributed by atoms with E-state index in [0.717, 1.165) is 6.42 Å². The fourth-order valence-electron chi connectivity index (χ4n) is 1.45. The van der Waals surface area contributed by atoms with Gasteiger partial charge >= 0.3 is 0 Å². The highest BCUT2D eigenvalue weighted by atomic mass is 32.1. The number of carbonyl (C=O) groups is 2. The number of thiocarbonyl (C=S) groups is 1. The van der Waals surface area contributed by atoms with Gasteiger partial charge in [-0.15, -0.1) is 0 Å². The third-order valence-electron chi connectivity index (χ3n) is 2.17. The van der Waals surface area contributed by atoms with Crippen molar-refractivity contribution in [2.24, 2.45) is 0 Å². The minimum absolute atomic E-state index is 0.0240. The Hall–Kier alpha value is -1.95. The van der Waals surface area contributed by atoms with Crippen LogP contribution in [0.15, 0.2) is 24.3 Å². The predicted molar refractivity (Wildman–Crippen MR) is 80.0 cm³/mol. The molecule has 0 saturated heterocycles. The van der Waals surface area contributed by atoms with Crippen LogP contribution in [-0.2, 0) is 9.59 Å². The first-order valence-corrected chi connectivity index (χ1v) is 6.40. The molecule has 0 unspecified atom stereocenters. The van der Waals surface area contributed by atoms with Gasteiger partial charge in [0.2, 0.25) is 11.8 Å². The fraction of sp³-hybridized carbons (Fsp3) is 0.308. The van der Waals surface area contributed by atoms with E-state index in [2.05, 4.69) is 16.0 Å². The highest BCUT2D eigenvalue weighted by molar-refractivity contribution is 7.80. The van der Waals surface area contributed by atoms with Gasteiger partial charge in [0.15, 0.2) is 5.11 Å². The summed E-state index contributed by atoms with van der Waals surface area (Å²) in [5, 5.41) is 8.35. The second-order valence-electron chi connectivity index (χ2n) is 4.01. The molecule has 0 aliphatic heterocycles. The van der Waals surface area contributed by atoms with Crippen molar-refractivity contribution in [2.75, 3.05) is 10.6 Å². The van der Waals surface area contributed by atoms with Crippen LogP contribution in [0.25, 0.3) is 0 Å².